The first-order valence-corrected chi connectivity index (χ1v) is 8.81. The smallest absolute Gasteiger partial charge is 0.334 e. The average molecular weight is 360 g/mol. The molecule has 0 amide bonds. The molecule has 0 radical (unpaired) electrons. The minimum Gasteiger partial charge on any atom is -0.450 e. The number of aliphatic hydroxyl groups is 1. The van der Waals surface area contributed by atoms with Crippen molar-refractivity contribution in [2.75, 3.05) is 0 Å². The van der Waals surface area contributed by atoms with Crippen LogP contribution < -0.4 is 0 Å². The van der Waals surface area contributed by atoms with Gasteiger partial charge in [-0.3, -0.25) is 9.59 Å². The van der Waals surface area contributed by atoms with Crippen LogP contribution in [0.5, 0.6) is 0 Å². The van der Waals surface area contributed by atoms with Crippen molar-refractivity contribution in [1.82, 2.24) is 0 Å². The molecule has 6 heteroatoms. The van der Waals surface area contributed by atoms with Crippen LogP contribution in [0.15, 0.2) is 34.9 Å². The molecular formula is C20H24O6. The molecule has 1 N–H and O–H groups in total. The monoisotopic (exact) mass is 360 g/mol. The van der Waals surface area contributed by atoms with Gasteiger partial charge in [0.15, 0.2) is 5.78 Å². The third-order valence-corrected chi connectivity index (χ3v) is 5.57. The van der Waals surface area contributed by atoms with Crippen molar-refractivity contribution in [3.8, 4) is 0 Å². The number of rotatable bonds is 1. The van der Waals surface area contributed by atoms with E-state index in [1.807, 2.05) is 0 Å². The van der Waals surface area contributed by atoms with Gasteiger partial charge in [0, 0.05) is 17.1 Å². The molecule has 0 aromatic carbocycles. The Kier molecular flexibility index (Phi) is 4.53. The molecule has 3 aliphatic heterocycles. The number of ether oxygens (including phenoxy) is 2. The van der Waals surface area contributed by atoms with Gasteiger partial charge in [-0.1, -0.05) is 17.7 Å². The first kappa shape index (κ1) is 18.7. The maximum Gasteiger partial charge on any atom is 0.334 e. The normalized spacial score (nSPS) is 37.2. The lowest BCUT2D eigenvalue weighted by atomic mass is 9.82. The molecule has 0 spiro atoms. The number of hydrogen-bond acceptors (Lipinski definition) is 6. The number of carbonyl (C=O) groups is 3. The highest BCUT2D eigenvalue weighted by molar-refractivity contribution is 6.08. The van der Waals surface area contributed by atoms with Gasteiger partial charge in [-0.05, 0) is 46.6 Å². The van der Waals surface area contributed by atoms with Crippen LogP contribution in [0.3, 0.4) is 0 Å². The fraction of sp³-hybridized carbons (Fsp3) is 0.550. The minimum atomic E-state index is -2.27. The summed E-state index contributed by atoms with van der Waals surface area (Å²) in [5, 5.41) is 11.0. The maximum absolute atomic E-state index is 13.2. The minimum absolute atomic E-state index is 0.157. The second-order valence-electron chi connectivity index (χ2n) is 7.61. The van der Waals surface area contributed by atoms with Crippen LogP contribution in [-0.2, 0) is 23.9 Å². The molecule has 6 nitrogen and oxygen atoms in total. The van der Waals surface area contributed by atoms with Gasteiger partial charge in [0.05, 0.1) is 5.92 Å². The van der Waals surface area contributed by atoms with Crippen molar-refractivity contribution in [3.05, 3.63) is 34.9 Å². The predicted molar refractivity (Wildman–Crippen MR) is 92.9 cm³/mol. The molecule has 3 rings (SSSR count). The number of hydrogen-bond donors (Lipinski definition) is 1. The fourth-order valence-electron chi connectivity index (χ4n) is 3.93. The largest absolute Gasteiger partial charge is 0.450 e. The first-order valence-electron chi connectivity index (χ1n) is 8.81. The Labute approximate surface area is 152 Å². The molecule has 0 aromatic rings. The van der Waals surface area contributed by atoms with Crippen LogP contribution in [0, 0.1) is 11.8 Å². The summed E-state index contributed by atoms with van der Waals surface area (Å²) in [6.45, 7) is 10.6. The number of esters is 1. The highest BCUT2D eigenvalue weighted by Crippen LogP contribution is 2.42. The molecule has 26 heavy (non-hydrogen) atoms. The Hall–Kier alpha value is -2.05. The summed E-state index contributed by atoms with van der Waals surface area (Å²) in [4.78, 5) is 38.2. The number of Topliss-reactive ketones (excluding diaryl/α,β-unsaturated/α-hetero) is 2. The molecule has 140 valence electrons. The van der Waals surface area contributed by atoms with Crippen molar-refractivity contribution in [3.63, 3.8) is 0 Å². The lowest BCUT2D eigenvalue weighted by molar-refractivity contribution is -0.210. The van der Waals surface area contributed by atoms with Crippen LogP contribution >= 0.6 is 0 Å². The van der Waals surface area contributed by atoms with E-state index in [-0.39, 0.29) is 11.4 Å². The van der Waals surface area contributed by atoms with Crippen LogP contribution in [0.2, 0.25) is 0 Å². The second kappa shape index (κ2) is 6.28. The maximum atomic E-state index is 13.2. The van der Waals surface area contributed by atoms with Gasteiger partial charge in [0.2, 0.25) is 11.6 Å². The van der Waals surface area contributed by atoms with E-state index in [1.54, 1.807) is 26.8 Å². The summed E-state index contributed by atoms with van der Waals surface area (Å²) in [6.07, 6.45) is 0.637. The molecule has 0 saturated carbocycles. The van der Waals surface area contributed by atoms with Crippen molar-refractivity contribution in [2.24, 2.45) is 11.8 Å². The molecular weight excluding hydrogens is 336 g/mol. The second-order valence-corrected chi connectivity index (χ2v) is 7.61. The van der Waals surface area contributed by atoms with E-state index in [0.29, 0.717) is 29.6 Å². The van der Waals surface area contributed by atoms with Gasteiger partial charge < -0.3 is 14.6 Å². The Morgan fingerprint density at radius 1 is 1.27 bits per heavy atom. The fourth-order valence-corrected chi connectivity index (χ4v) is 3.93. The van der Waals surface area contributed by atoms with E-state index < -0.39 is 41.6 Å². The average Bonchev–Trinajstić information content (AvgIpc) is 3.00. The van der Waals surface area contributed by atoms with E-state index in [1.165, 1.54) is 6.92 Å². The lowest BCUT2D eigenvalue weighted by Crippen LogP contribution is -2.47. The molecule has 3 heterocycles. The van der Waals surface area contributed by atoms with E-state index in [4.69, 9.17) is 9.47 Å². The summed E-state index contributed by atoms with van der Waals surface area (Å²) in [6, 6.07) is 0. The quantitative estimate of drug-likeness (QED) is 0.437. The van der Waals surface area contributed by atoms with E-state index in [2.05, 4.69) is 6.58 Å². The molecule has 3 aliphatic rings. The molecule has 1 saturated heterocycles. The summed E-state index contributed by atoms with van der Waals surface area (Å²) in [5.74, 6) is -5.20. The molecule has 1 fully saturated rings. The first-order chi connectivity index (χ1) is 12.1. The summed E-state index contributed by atoms with van der Waals surface area (Å²) >= 11 is 0. The van der Waals surface area contributed by atoms with Crippen LogP contribution in [0.25, 0.3) is 0 Å². The number of carbonyl (C=O) groups excluding carboxylic acids is 3. The van der Waals surface area contributed by atoms with E-state index in [9.17, 15) is 19.5 Å². The van der Waals surface area contributed by atoms with Crippen molar-refractivity contribution >= 4 is 17.5 Å². The van der Waals surface area contributed by atoms with Gasteiger partial charge in [0.25, 0.3) is 0 Å². The number of ketones is 2. The van der Waals surface area contributed by atoms with Crippen molar-refractivity contribution in [2.45, 2.75) is 58.5 Å². The van der Waals surface area contributed by atoms with Gasteiger partial charge >= 0.3 is 5.97 Å². The summed E-state index contributed by atoms with van der Waals surface area (Å²) < 4.78 is 11.1. The highest BCUT2D eigenvalue weighted by atomic mass is 16.6. The van der Waals surface area contributed by atoms with Gasteiger partial charge in [-0.15, -0.1) is 0 Å². The van der Waals surface area contributed by atoms with Crippen LogP contribution in [0.1, 0.15) is 40.5 Å². The molecule has 0 unspecified atom stereocenters. The highest BCUT2D eigenvalue weighted by Gasteiger charge is 2.59. The summed E-state index contributed by atoms with van der Waals surface area (Å²) in [5.41, 5.74) is 1.93. The lowest BCUT2D eigenvalue weighted by Gasteiger charge is -2.29. The SMILES string of the molecule is C=C(C)[C@@H]1CCC2=C[C@@H](OC2=O)C(=C(C)C)C(=O)[C@@]2(O)O[C@@H]1C(=O)[C@@H]2C. The van der Waals surface area contributed by atoms with E-state index >= 15 is 0 Å². The molecule has 0 aliphatic carbocycles. The predicted octanol–water partition coefficient (Wildman–Crippen LogP) is 2.02. The topological polar surface area (TPSA) is 89.9 Å². The molecule has 0 aromatic heterocycles. The Morgan fingerprint density at radius 3 is 2.50 bits per heavy atom. The van der Waals surface area contributed by atoms with Crippen LogP contribution in [-0.4, -0.2) is 40.6 Å². The Bertz CT molecular complexity index is 769. The van der Waals surface area contributed by atoms with Crippen molar-refractivity contribution < 1.29 is 29.0 Å². The zero-order valence-corrected chi connectivity index (χ0v) is 15.5. The third-order valence-electron chi connectivity index (χ3n) is 5.57. The van der Waals surface area contributed by atoms with Crippen LogP contribution in [0.4, 0.5) is 0 Å². The van der Waals surface area contributed by atoms with Gasteiger partial charge in [-0.2, -0.15) is 0 Å². The summed E-state index contributed by atoms with van der Waals surface area (Å²) in [7, 11) is 0. The Morgan fingerprint density at radius 2 is 1.92 bits per heavy atom. The zero-order chi connectivity index (χ0) is 19.4. The van der Waals surface area contributed by atoms with Gasteiger partial charge in [-0.25, -0.2) is 4.79 Å². The van der Waals surface area contributed by atoms with E-state index in [0.717, 1.165) is 0 Å². The van der Waals surface area contributed by atoms with Gasteiger partial charge in [0.1, 0.15) is 12.2 Å². The standard InChI is InChI=1S/C20H24O6/c1-9(2)13-7-6-12-8-14(25-19(12)23)15(10(3)4)18(22)20(24)11(5)16(21)17(13)26-20/h8,11,13-14,17,24H,1,6-7H2,2-5H3/t11-,13-,14+,17-,20-/m0/s1. The number of fused-ring (bicyclic) bond motifs is 3. The zero-order valence-electron chi connectivity index (χ0n) is 15.5. The number of allylic oxidation sites excluding steroid dienone is 1. The molecule has 4 bridgehead atoms. The molecule has 5 atom stereocenters. The van der Waals surface area contributed by atoms with Crippen molar-refractivity contribution in [1.29, 1.82) is 0 Å². The third kappa shape index (κ3) is 2.68. The Balaban J connectivity index is 2.16.